The van der Waals surface area contributed by atoms with Crippen molar-refractivity contribution in [3.8, 4) is 0 Å². The van der Waals surface area contributed by atoms with Crippen molar-refractivity contribution in [2.75, 3.05) is 13.2 Å². The highest BCUT2D eigenvalue weighted by atomic mass is 16.6. The number of hydrogen-bond acceptors (Lipinski definition) is 6. The molecule has 0 rings (SSSR count). The molecular weight excluding hydrogens is 673 g/mol. The Hall–Kier alpha value is -1.59. The molecular formula is C48H92O6. The normalized spacial score (nSPS) is 12.1. The van der Waals surface area contributed by atoms with Crippen LogP contribution < -0.4 is 0 Å². The molecule has 0 spiro atoms. The van der Waals surface area contributed by atoms with Crippen molar-refractivity contribution in [2.45, 2.75) is 265 Å². The Morgan fingerprint density at radius 1 is 0.352 bits per heavy atom. The van der Waals surface area contributed by atoms with Crippen molar-refractivity contribution in [1.29, 1.82) is 0 Å². The number of carbonyl (C=O) groups excluding carboxylic acids is 3. The first-order chi connectivity index (χ1) is 26.2. The number of ether oxygens (including phenoxy) is 3. The summed E-state index contributed by atoms with van der Waals surface area (Å²) in [7, 11) is 0. The van der Waals surface area contributed by atoms with E-state index in [0.29, 0.717) is 19.3 Å². The Balaban J connectivity index is 4.20. The number of hydrogen-bond donors (Lipinski definition) is 0. The van der Waals surface area contributed by atoms with Gasteiger partial charge >= 0.3 is 17.9 Å². The van der Waals surface area contributed by atoms with Crippen LogP contribution in [0.5, 0.6) is 0 Å². The van der Waals surface area contributed by atoms with Crippen LogP contribution in [0, 0.1) is 11.8 Å². The molecule has 54 heavy (non-hydrogen) atoms. The molecule has 0 aliphatic heterocycles. The van der Waals surface area contributed by atoms with Crippen LogP contribution in [0.25, 0.3) is 0 Å². The van der Waals surface area contributed by atoms with E-state index in [-0.39, 0.29) is 31.1 Å². The third-order valence-electron chi connectivity index (χ3n) is 10.7. The molecule has 0 fully saturated rings. The monoisotopic (exact) mass is 765 g/mol. The minimum atomic E-state index is -0.761. The van der Waals surface area contributed by atoms with Gasteiger partial charge in [-0.3, -0.25) is 14.4 Å². The highest BCUT2D eigenvalue weighted by molar-refractivity contribution is 5.71. The fourth-order valence-electron chi connectivity index (χ4n) is 7.11. The maximum Gasteiger partial charge on any atom is 0.306 e. The average Bonchev–Trinajstić information content (AvgIpc) is 3.14. The second kappa shape index (κ2) is 41.1. The van der Waals surface area contributed by atoms with Crippen LogP contribution in [-0.4, -0.2) is 37.2 Å². The maximum atomic E-state index is 12.7. The van der Waals surface area contributed by atoms with E-state index in [1.165, 1.54) is 148 Å². The largest absolute Gasteiger partial charge is 0.462 e. The molecule has 0 aromatic carbocycles. The molecule has 320 valence electrons. The first-order valence-electron chi connectivity index (χ1n) is 23.7. The summed E-state index contributed by atoms with van der Waals surface area (Å²) in [6.07, 6.45) is 39.8. The molecule has 0 aliphatic carbocycles. The van der Waals surface area contributed by atoms with Crippen LogP contribution in [0.4, 0.5) is 0 Å². The predicted molar refractivity (Wildman–Crippen MR) is 229 cm³/mol. The molecule has 6 nitrogen and oxygen atoms in total. The van der Waals surface area contributed by atoms with E-state index >= 15 is 0 Å². The summed E-state index contributed by atoms with van der Waals surface area (Å²) in [5.41, 5.74) is 0. The molecule has 0 aromatic rings. The second-order valence-electron chi connectivity index (χ2n) is 17.3. The summed E-state index contributed by atoms with van der Waals surface area (Å²) < 4.78 is 16.7. The van der Waals surface area contributed by atoms with Gasteiger partial charge in [0.25, 0.3) is 0 Å². The molecule has 0 aliphatic rings. The molecule has 0 amide bonds. The lowest BCUT2D eigenvalue weighted by molar-refractivity contribution is -0.167. The second-order valence-corrected chi connectivity index (χ2v) is 17.3. The van der Waals surface area contributed by atoms with Crippen LogP contribution in [0.2, 0.25) is 0 Å². The van der Waals surface area contributed by atoms with E-state index < -0.39 is 6.10 Å². The number of carbonyl (C=O) groups is 3. The predicted octanol–water partition coefficient (Wildman–Crippen LogP) is 15.0. The van der Waals surface area contributed by atoms with Gasteiger partial charge in [-0.2, -0.15) is 0 Å². The summed E-state index contributed by atoms with van der Waals surface area (Å²) in [6.45, 7) is 11.2. The van der Waals surface area contributed by atoms with Gasteiger partial charge in [0.05, 0.1) is 0 Å². The van der Waals surface area contributed by atoms with E-state index in [4.69, 9.17) is 14.2 Å². The van der Waals surface area contributed by atoms with E-state index in [9.17, 15) is 14.4 Å². The lowest BCUT2D eigenvalue weighted by Crippen LogP contribution is -2.30. The first kappa shape index (κ1) is 52.4. The van der Waals surface area contributed by atoms with E-state index in [1.807, 2.05) is 0 Å². The zero-order chi connectivity index (χ0) is 39.7. The standard InChI is InChI=1S/C48H92O6/c1-6-7-8-9-10-11-12-13-14-15-16-17-18-19-20-21-28-33-38-46(49)52-41-45(54-48(51)40-35-30-25-23-27-32-37-44(4)5)42-53-47(50)39-34-29-24-22-26-31-36-43(2)3/h43-45H,6-42H2,1-5H3/t45-/m0/s1. The van der Waals surface area contributed by atoms with Crippen molar-refractivity contribution in [1.82, 2.24) is 0 Å². The van der Waals surface area contributed by atoms with E-state index in [0.717, 1.165) is 69.6 Å². The van der Waals surface area contributed by atoms with Crippen molar-refractivity contribution in [3.05, 3.63) is 0 Å². The van der Waals surface area contributed by atoms with Gasteiger partial charge in [-0.15, -0.1) is 0 Å². The van der Waals surface area contributed by atoms with Crippen LogP contribution in [-0.2, 0) is 28.6 Å². The minimum absolute atomic E-state index is 0.0663. The smallest absolute Gasteiger partial charge is 0.306 e. The lowest BCUT2D eigenvalue weighted by atomic mass is 10.0. The summed E-state index contributed by atoms with van der Waals surface area (Å²) in [4.78, 5) is 37.6. The molecule has 0 heterocycles. The van der Waals surface area contributed by atoms with Gasteiger partial charge in [0, 0.05) is 19.3 Å². The molecule has 0 saturated heterocycles. The Bertz CT molecular complexity index is 824. The Kier molecular flexibility index (Phi) is 39.8. The van der Waals surface area contributed by atoms with Crippen molar-refractivity contribution < 1.29 is 28.6 Å². The van der Waals surface area contributed by atoms with Crippen molar-refractivity contribution in [2.24, 2.45) is 11.8 Å². The van der Waals surface area contributed by atoms with Gasteiger partial charge in [0.1, 0.15) is 13.2 Å². The Labute approximate surface area is 336 Å². The van der Waals surface area contributed by atoms with E-state index in [1.54, 1.807) is 0 Å². The van der Waals surface area contributed by atoms with Crippen LogP contribution in [0.15, 0.2) is 0 Å². The van der Waals surface area contributed by atoms with Gasteiger partial charge in [-0.1, -0.05) is 221 Å². The molecule has 0 saturated carbocycles. The van der Waals surface area contributed by atoms with E-state index in [2.05, 4.69) is 34.6 Å². The SMILES string of the molecule is CCCCCCCCCCCCCCCCCCCCC(=O)OC[C@@H](COC(=O)CCCCCCCCC(C)C)OC(=O)CCCCCCCCC(C)C. The van der Waals surface area contributed by atoms with Crippen LogP contribution in [0.1, 0.15) is 259 Å². The maximum absolute atomic E-state index is 12.7. The van der Waals surface area contributed by atoms with Gasteiger partial charge in [-0.25, -0.2) is 0 Å². The van der Waals surface area contributed by atoms with Crippen LogP contribution in [0.3, 0.4) is 0 Å². The highest BCUT2D eigenvalue weighted by Gasteiger charge is 2.19. The molecule has 6 heteroatoms. The molecule has 0 N–H and O–H groups in total. The third kappa shape index (κ3) is 41.6. The van der Waals surface area contributed by atoms with Gasteiger partial charge in [0.2, 0.25) is 0 Å². The number of unbranched alkanes of at least 4 members (excludes halogenated alkanes) is 27. The molecule has 1 atom stereocenters. The number of rotatable bonds is 42. The van der Waals surface area contributed by atoms with Gasteiger partial charge in [0.15, 0.2) is 6.10 Å². The fraction of sp³-hybridized carbons (Fsp3) is 0.938. The average molecular weight is 765 g/mol. The quantitative estimate of drug-likeness (QED) is 0.0350. The first-order valence-corrected chi connectivity index (χ1v) is 23.7. The molecule has 0 unspecified atom stereocenters. The van der Waals surface area contributed by atoms with Crippen molar-refractivity contribution >= 4 is 17.9 Å². The number of esters is 3. The Morgan fingerprint density at radius 2 is 0.611 bits per heavy atom. The van der Waals surface area contributed by atoms with Gasteiger partial charge in [-0.05, 0) is 31.1 Å². The summed E-state index contributed by atoms with van der Waals surface area (Å²) in [5, 5.41) is 0. The summed E-state index contributed by atoms with van der Waals surface area (Å²) >= 11 is 0. The summed E-state index contributed by atoms with van der Waals surface area (Å²) in [5.74, 6) is 0.657. The van der Waals surface area contributed by atoms with Crippen molar-refractivity contribution in [3.63, 3.8) is 0 Å². The lowest BCUT2D eigenvalue weighted by Gasteiger charge is -2.18. The molecule has 0 radical (unpaired) electrons. The van der Waals surface area contributed by atoms with Crippen LogP contribution >= 0.6 is 0 Å². The Morgan fingerprint density at radius 3 is 0.907 bits per heavy atom. The molecule has 0 bridgehead atoms. The molecule has 0 aromatic heterocycles. The highest BCUT2D eigenvalue weighted by Crippen LogP contribution is 2.17. The summed E-state index contributed by atoms with van der Waals surface area (Å²) in [6, 6.07) is 0. The van der Waals surface area contributed by atoms with Gasteiger partial charge < -0.3 is 14.2 Å². The third-order valence-corrected chi connectivity index (χ3v) is 10.7. The topological polar surface area (TPSA) is 78.9 Å². The zero-order valence-corrected chi connectivity index (χ0v) is 36.8. The minimum Gasteiger partial charge on any atom is -0.462 e. The fourth-order valence-corrected chi connectivity index (χ4v) is 7.11. The zero-order valence-electron chi connectivity index (χ0n) is 36.8.